The number of nitrogens with zero attached hydrogens (tertiary/aromatic N) is 1. The fourth-order valence-electron chi connectivity index (χ4n) is 1.93. The van der Waals surface area contributed by atoms with Crippen LogP contribution >= 0.6 is 11.8 Å². The molecule has 0 radical (unpaired) electrons. The van der Waals surface area contributed by atoms with E-state index in [2.05, 4.69) is 0 Å². The number of amides is 1. The molecule has 0 spiro atoms. The third-order valence-corrected chi connectivity index (χ3v) is 3.94. The van der Waals surface area contributed by atoms with Crippen molar-refractivity contribution in [2.45, 2.75) is 43.9 Å². The van der Waals surface area contributed by atoms with Crippen molar-refractivity contribution in [3.63, 3.8) is 0 Å². The normalized spacial score (nSPS) is 22.9. The Balaban J connectivity index is 2.60. The number of piperidine rings is 1. The first-order valence-corrected chi connectivity index (χ1v) is 6.90. The lowest BCUT2D eigenvalue weighted by molar-refractivity contribution is -0.152. The summed E-state index contributed by atoms with van der Waals surface area (Å²) in [6.45, 7) is 2.58. The molecule has 0 aromatic heterocycles. The predicted molar refractivity (Wildman–Crippen MR) is 64.6 cm³/mol. The first kappa shape index (κ1) is 13.4. The van der Waals surface area contributed by atoms with E-state index in [0.29, 0.717) is 19.4 Å². The molecule has 2 atom stereocenters. The van der Waals surface area contributed by atoms with Crippen molar-refractivity contribution in [3.05, 3.63) is 0 Å². The molecule has 0 aromatic carbocycles. The van der Waals surface area contributed by atoms with Gasteiger partial charge in [0.05, 0.1) is 0 Å². The monoisotopic (exact) mass is 245 g/mol. The van der Waals surface area contributed by atoms with Gasteiger partial charge in [-0.1, -0.05) is 6.92 Å². The van der Waals surface area contributed by atoms with Gasteiger partial charge in [-0.3, -0.25) is 4.79 Å². The Bertz CT molecular complexity index is 270. The zero-order chi connectivity index (χ0) is 12.1. The molecule has 1 saturated heterocycles. The third-order valence-electron chi connectivity index (χ3n) is 2.97. The first-order valence-electron chi connectivity index (χ1n) is 5.61. The largest absolute Gasteiger partial charge is 0.480 e. The molecule has 5 heteroatoms. The van der Waals surface area contributed by atoms with Crippen LogP contribution in [0, 0.1) is 0 Å². The van der Waals surface area contributed by atoms with Crippen molar-refractivity contribution in [2.24, 2.45) is 0 Å². The summed E-state index contributed by atoms with van der Waals surface area (Å²) < 4.78 is 0. The number of carbonyl (C=O) groups excluding carboxylic acids is 1. The molecule has 0 aromatic rings. The number of carboxylic acid groups (broad SMARTS) is 1. The highest BCUT2D eigenvalue weighted by molar-refractivity contribution is 7.99. The van der Waals surface area contributed by atoms with Crippen molar-refractivity contribution in [1.29, 1.82) is 0 Å². The van der Waals surface area contributed by atoms with E-state index in [9.17, 15) is 9.59 Å². The predicted octanol–water partition coefficient (Wildman–Crippen LogP) is 1.59. The Morgan fingerprint density at radius 3 is 2.75 bits per heavy atom. The summed E-state index contributed by atoms with van der Waals surface area (Å²) in [4.78, 5) is 24.5. The lowest BCUT2D eigenvalue weighted by atomic mass is 10.0. The average molecular weight is 245 g/mol. The van der Waals surface area contributed by atoms with Crippen LogP contribution in [0.2, 0.25) is 0 Å². The van der Waals surface area contributed by atoms with Gasteiger partial charge in [-0.2, -0.15) is 11.8 Å². The molecule has 1 heterocycles. The van der Waals surface area contributed by atoms with Gasteiger partial charge in [0, 0.05) is 18.2 Å². The van der Waals surface area contributed by atoms with Crippen LogP contribution in [-0.2, 0) is 9.59 Å². The van der Waals surface area contributed by atoms with Gasteiger partial charge in [0.2, 0.25) is 5.91 Å². The third kappa shape index (κ3) is 3.40. The lowest BCUT2D eigenvalue weighted by Crippen LogP contribution is -2.48. The highest BCUT2D eigenvalue weighted by atomic mass is 32.2. The van der Waals surface area contributed by atoms with E-state index in [1.165, 1.54) is 0 Å². The van der Waals surface area contributed by atoms with E-state index >= 15 is 0 Å². The zero-order valence-corrected chi connectivity index (χ0v) is 10.6. The molecule has 1 N–H and O–H groups in total. The lowest BCUT2D eigenvalue weighted by Gasteiger charge is -2.33. The van der Waals surface area contributed by atoms with Crippen molar-refractivity contribution in [2.75, 3.05) is 12.8 Å². The molecule has 16 heavy (non-hydrogen) atoms. The Hall–Kier alpha value is -0.710. The number of aliphatic carboxylic acids is 1. The molecule has 92 valence electrons. The molecule has 1 fully saturated rings. The smallest absolute Gasteiger partial charge is 0.326 e. The van der Waals surface area contributed by atoms with Crippen LogP contribution in [0.3, 0.4) is 0 Å². The number of hydrogen-bond acceptors (Lipinski definition) is 3. The number of thioether (sulfide) groups is 1. The van der Waals surface area contributed by atoms with Crippen LogP contribution in [0.4, 0.5) is 0 Å². The molecule has 1 rings (SSSR count). The van der Waals surface area contributed by atoms with Crippen molar-refractivity contribution >= 4 is 23.6 Å². The molecule has 1 aliphatic rings. The van der Waals surface area contributed by atoms with Gasteiger partial charge in [-0.15, -0.1) is 0 Å². The van der Waals surface area contributed by atoms with Gasteiger partial charge in [0.15, 0.2) is 0 Å². The Morgan fingerprint density at radius 2 is 2.19 bits per heavy atom. The molecule has 0 saturated carbocycles. The Morgan fingerprint density at radius 1 is 1.50 bits per heavy atom. The van der Waals surface area contributed by atoms with Gasteiger partial charge in [0.25, 0.3) is 0 Å². The van der Waals surface area contributed by atoms with Gasteiger partial charge < -0.3 is 10.0 Å². The minimum atomic E-state index is -0.871. The molecule has 1 amide bonds. The summed E-state index contributed by atoms with van der Waals surface area (Å²) in [6.07, 6.45) is 4.81. The van der Waals surface area contributed by atoms with E-state index in [1.54, 1.807) is 16.7 Å². The van der Waals surface area contributed by atoms with Crippen LogP contribution < -0.4 is 0 Å². The minimum Gasteiger partial charge on any atom is -0.480 e. The minimum absolute atomic E-state index is 0.0195. The quantitative estimate of drug-likeness (QED) is 0.817. The summed E-state index contributed by atoms with van der Waals surface area (Å²) in [6, 6.07) is -0.602. The van der Waals surface area contributed by atoms with Crippen molar-refractivity contribution in [3.8, 4) is 0 Å². The maximum Gasteiger partial charge on any atom is 0.326 e. The molecule has 0 bridgehead atoms. The number of carboxylic acids is 1. The Kier molecular flexibility index (Phi) is 5.12. The highest BCUT2D eigenvalue weighted by Gasteiger charge is 2.31. The molecule has 1 unspecified atom stereocenters. The highest BCUT2D eigenvalue weighted by Crippen LogP contribution is 2.20. The number of carbonyl (C=O) groups is 2. The van der Waals surface area contributed by atoms with Gasteiger partial charge >= 0.3 is 5.97 Å². The van der Waals surface area contributed by atoms with Crippen molar-refractivity contribution in [1.82, 2.24) is 4.90 Å². The van der Waals surface area contributed by atoms with E-state index in [4.69, 9.17) is 5.11 Å². The standard InChI is InChI=1S/C11H19NO3S/c1-8(16-2)7-10(13)12-6-4-3-5-9(12)11(14)15/h8-9H,3-7H2,1-2H3,(H,14,15)/t8?,9-/m1/s1. The van der Waals surface area contributed by atoms with Gasteiger partial charge in [-0.25, -0.2) is 4.79 Å². The van der Waals surface area contributed by atoms with E-state index < -0.39 is 12.0 Å². The Labute approximate surface area is 100 Å². The van der Waals surface area contributed by atoms with Gasteiger partial charge in [0.1, 0.15) is 6.04 Å². The number of rotatable bonds is 4. The van der Waals surface area contributed by atoms with Gasteiger partial charge in [-0.05, 0) is 25.5 Å². The topological polar surface area (TPSA) is 57.6 Å². The van der Waals surface area contributed by atoms with Crippen LogP contribution in [0.5, 0.6) is 0 Å². The summed E-state index contributed by atoms with van der Waals surface area (Å²) in [5, 5.41) is 9.30. The second-order valence-corrected chi connectivity index (χ2v) is 5.46. The zero-order valence-electron chi connectivity index (χ0n) is 9.81. The van der Waals surface area contributed by atoms with E-state index in [1.807, 2.05) is 13.2 Å². The number of likely N-dealkylation sites (tertiary alicyclic amines) is 1. The maximum absolute atomic E-state index is 11.9. The van der Waals surface area contributed by atoms with E-state index in [0.717, 1.165) is 12.8 Å². The molecular formula is C11H19NO3S. The second-order valence-electron chi connectivity index (χ2n) is 4.19. The average Bonchev–Trinajstić information content (AvgIpc) is 2.28. The van der Waals surface area contributed by atoms with E-state index in [-0.39, 0.29) is 11.2 Å². The molecule has 1 aliphatic heterocycles. The molecule has 4 nitrogen and oxygen atoms in total. The summed E-state index contributed by atoms with van der Waals surface area (Å²) in [7, 11) is 0. The fraction of sp³-hybridized carbons (Fsp3) is 0.818. The maximum atomic E-state index is 11.9. The second kappa shape index (κ2) is 6.13. The molecule has 0 aliphatic carbocycles. The summed E-state index contributed by atoms with van der Waals surface area (Å²) in [5.41, 5.74) is 0. The van der Waals surface area contributed by atoms with Crippen LogP contribution in [0.15, 0.2) is 0 Å². The fourth-order valence-corrected chi connectivity index (χ4v) is 2.24. The van der Waals surface area contributed by atoms with Crippen LogP contribution in [0.25, 0.3) is 0 Å². The van der Waals surface area contributed by atoms with Crippen LogP contribution in [0.1, 0.15) is 32.6 Å². The van der Waals surface area contributed by atoms with Crippen LogP contribution in [-0.4, -0.2) is 46.0 Å². The summed E-state index contributed by atoms with van der Waals surface area (Å²) in [5.74, 6) is -0.890. The van der Waals surface area contributed by atoms with Crippen molar-refractivity contribution < 1.29 is 14.7 Å². The first-order chi connectivity index (χ1) is 7.56. The number of hydrogen-bond donors (Lipinski definition) is 1. The summed E-state index contributed by atoms with van der Waals surface area (Å²) >= 11 is 1.63. The SMILES string of the molecule is CSC(C)CC(=O)N1CCCC[C@@H]1C(=O)O. The molecular weight excluding hydrogens is 226 g/mol.